The van der Waals surface area contributed by atoms with Gasteiger partial charge in [-0.15, -0.1) is 0 Å². The first kappa shape index (κ1) is 14.9. The monoisotopic (exact) mass is 288 g/mol. The number of hydrogen-bond donors (Lipinski definition) is 1. The average Bonchev–Trinajstić information content (AvgIpc) is 2.74. The Morgan fingerprint density at radius 3 is 2.38 bits per heavy atom. The third-order valence-corrected chi connectivity index (χ3v) is 5.57. The van der Waals surface area contributed by atoms with Gasteiger partial charge in [-0.2, -0.15) is 0 Å². The van der Waals surface area contributed by atoms with Crippen LogP contribution in [0.25, 0.3) is 0 Å². The second kappa shape index (κ2) is 6.37. The number of fused-ring (bicyclic) bond motifs is 2. The molecule has 3 nitrogen and oxygen atoms in total. The maximum absolute atomic E-state index is 6.30. The van der Waals surface area contributed by atoms with Crippen LogP contribution in [-0.2, 0) is 6.42 Å². The second-order valence-electron chi connectivity index (χ2n) is 6.86. The number of rotatable bonds is 5. The second-order valence-corrected chi connectivity index (χ2v) is 6.86. The van der Waals surface area contributed by atoms with Gasteiger partial charge in [-0.25, -0.2) is 0 Å². The van der Waals surface area contributed by atoms with Gasteiger partial charge in [0.05, 0.1) is 7.11 Å². The molecule has 1 saturated carbocycles. The van der Waals surface area contributed by atoms with Gasteiger partial charge in [0.2, 0.25) is 0 Å². The molecule has 2 fully saturated rings. The fraction of sp³-hybridized carbons (Fsp3) is 0.667. The Kier molecular flexibility index (Phi) is 4.51. The molecule has 1 aromatic carbocycles. The smallest absolute Gasteiger partial charge is 0.118 e. The topological polar surface area (TPSA) is 38.5 Å². The zero-order valence-corrected chi connectivity index (χ0v) is 13.3. The lowest BCUT2D eigenvalue weighted by Gasteiger charge is -2.39. The van der Waals surface area contributed by atoms with Crippen LogP contribution in [0.1, 0.15) is 31.7 Å². The lowest BCUT2D eigenvalue weighted by molar-refractivity contribution is 0.105. The van der Waals surface area contributed by atoms with Crippen LogP contribution >= 0.6 is 0 Å². The van der Waals surface area contributed by atoms with Gasteiger partial charge < -0.3 is 10.5 Å². The minimum atomic E-state index is 0.468. The van der Waals surface area contributed by atoms with Crippen LogP contribution in [0.2, 0.25) is 0 Å². The molecule has 1 aromatic rings. The largest absolute Gasteiger partial charge is 0.497 e. The third-order valence-electron chi connectivity index (χ3n) is 5.57. The van der Waals surface area contributed by atoms with Crippen molar-refractivity contribution < 1.29 is 4.74 Å². The molecule has 116 valence electrons. The van der Waals surface area contributed by atoms with Crippen LogP contribution < -0.4 is 10.5 Å². The molecule has 3 heteroatoms. The summed E-state index contributed by atoms with van der Waals surface area (Å²) < 4.78 is 5.21. The zero-order valence-electron chi connectivity index (χ0n) is 13.3. The Morgan fingerprint density at radius 2 is 1.81 bits per heavy atom. The summed E-state index contributed by atoms with van der Waals surface area (Å²) in [5.74, 6) is 2.42. The molecule has 0 radical (unpaired) electrons. The molecule has 0 amide bonds. The molecule has 3 rings (SSSR count). The van der Waals surface area contributed by atoms with Gasteiger partial charge in [-0.1, -0.05) is 12.1 Å². The minimum absolute atomic E-state index is 0.468. The molecule has 1 unspecified atom stereocenters. The van der Waals surface area contributed by atoms with Gasteiger partial charge in [0, 0.05) is 25.2 Å². The molecule has 2 N–H and O–H groups in total. The van der Waals surface area contributed by atoms with Crippen LogP contribution in [0, 0.1) is 11.8 Å². The van der Waals surface area contributed by atoms with E-state index in [0.29, 0.717) is 12.1 Å². The Morgan fingerprint density at radius 1 is 1.19 bits per heavy atom. The summed E-state index contributed by atoms with van der Waals surface area (Å²) in [6, 6.07) is 9.60. The molecule has 4 atom stereocenters. The first-order chi connectivity index (χ1) is 10.2. The van der Waals surface area contributed by atoms with E-state index >= 15 is 0 Å². The number of nitrogens with zero attached hydrogens (tertiary/aromatic N) is 1. The molecule has 1 heterocycles. The van der Waals surface area contributed by atoms with Crippen molar-refractivity contribution in [2.24, 2.45) is 17.6 Å². The van der Waals surface area contributed by atoms with E-state index in [1.54, 1.807) is 7.11 Å². The van der Waals surface area contributed by atoms with E-state index in [2.05, 4.69) is 36.1 Å². The SMILES string of the molecule is COc1ccc(CC[C@H](C)N2C[C@H]3CC[C@@H](C2)C3N)cc1. The number of aryl methyl sites for hydroxylation is 1. The number of likely N-dealkylation sites (tertiary alicyclic amines) is 1. The molecule has 21 heavy (non-hydrogen) atoms. The third kappa shape index (κ3) is 3.24. The van der Waals surface area contributed by atoms with Crippen molar-refractivity contribution in [3.8, 4) is 5.75 Å². The van der Waals surface area contributed by atoms with Gasteiger partial charge in [-0.05, 0) is 62.1 Å². The molecular formula is C18H28N2O. The number of piperidine rings is 1. The Hall–Kier alpha value is -1.06. The maximum Gasteiger partial charge on any atom is 0.118 e. The van der Waals surface area contributed by atoms with E-state index in [9.17, 15) is 0 Å². The van der Waals surface area contributed by atoms with Crippen LogP contribution in [-0.4, -0.2) is 37.2 Å². The van der Waals surface area contributed by atoms with Crippen molar-refractivity contribution >= 4 is 0 Å². The summed E-state index contributed by atoms with van der Waals surface area (Å²) in [5.41, 5.74) is 7.70. The van der Waals surface area contributed by atoms with E-state index in [-0.39, 0.29) is 0 Å². The van der Waals surface area contributed by atoms with Crippen molar-refractivity contribution in [2.45, 2.75) is 44.7 Å². The Balaban J connectivity index is 1.51. The predicted molar refractivity (Wildman–Crippen MR) is 86.5 cm³/mol. The summed E-state index contributed by atoms with van der Waals surface area (Å²) in [6.07, 6.45) is 5.05. The van der Waals surface area contributed by atoms with Crippen LogP contribution in [0.3, 0.4) is 0 Å². The molecule has 1 aliphatic heterocycles. The van der Waals surface area contributed by atoms with E-state index in [0.717, 1.165) is 24.0 Å². The number of methoxy groups -OCH3 is 1. The highest BCUT2D eigenvalue weighted by Gasteiger charge is 2.40. The normalized spacial score (nSPS) is 30.3. The summed E-state index contributed by atoms with van der Waals surface area (Å²) in [6.45, 7) is 4.79. The van der Waals surface area contributed by atoms with Gasteiger partial charge >= 0.3 is 0 Å². The maximum atomic E-state index is 6.30. The molecule has 2 bridgehead atoms. The Labute approximate surface area is 128 Å². The van der Waals surface area contributed by atoms with Crippen molar-refractivity contribution in [2.75, 3.05) is 20.2 Å². The summed E-state index contributed by atoms with van der Waals surface area (Å²) >= 11 is 0. The number of nitrogens with two attached hydrogens (primary N) is 1. The average molecular weight is 288 g/mol. The molecule has 0 spiro atoms. The van der Waals surface area contributed by atoms with Crippen LogP contribution in [0.5, 0.6) is 5.75 Å². The predicted octanol–water partition coefficient (Wildman–Crippen LogP) is 2.69. The standard InChI is InChI=1S/C18H28N2O/c1-13(3-4-14-5-9-17(21-2)10-6-14)20-11-15-7-8-16(12-20)18(15)19/h5-6,9-10,13,15-16,18H,3-4,7-8,11-12,19H2,1-2H3/t13-,15-,16+,18?/m0/s1. The number of ether oxygens (including phenoxy) is 1. The molecular weight excluding hydrogens is 260 g/mol. The number of benzene rings is 1. The van der Waals surface area contributed by atoms with Gasteiger partial charge in [-0.3, -0.25) is 4.90 Å². The highest BCUT2D eigenvalue weighted by molar-refractivity contribution is 5.27. The van der Waals surface area contributed by atoms with E-state index in [1.165, 1.54) is 37.9 Å². The van der Waals surface area contributed by atoms with Crippen LogP contribution in [0.4, 0.5) is 0 Å². The highest BCUT2D eigenvalue weighted by Crippen LogP contribution is 2.36. The van der Waals surface area contributed by atoms with E-state index in [1.807, 2.05) is 0 Å². The number of hydrogen-bond acceptors (Lipinski definition) is 3. The van der Waals surface area contributed by atoms with Crippen molar-refractivity contribution in [3.63, 3.8) is 0 Å². The summed E-state index contributed by atoms with van der Waals surface area (Å²) in [5, 5.41) is 0. The van der Waals surface area contributed by atoms with Crippen molar-refractivity contribution in [1.29, 1.82) is 0 Å². The minimum Gasteiger partial charge on any atom is -0.497 e. The fourth-order valence-corrected chi connectivity index (χ4v) is 4.01. The Bertz CT molecular complexity index is 445. The van der Waals surface area contributed by atoms with Gasteiger partial charge in [0.15, 0.2) is 0 Å². The zero-order chi connectivity index (χ0) is 14.8. The van der Waals surface area contributed by atoms with E-state index in [4.69, 9.17) is 10.5 Å². The molecule has 1 saturated heterocycles. The van der Waals surface area contributed by atoms with Gasteiger partial charge in [0.1, 0.15) is 5.75 Å². The highest BCUT2D eigenvalue weighted by atomic mass is 16.5. The first-order valence-corrected chi connectivity index (χ1v) is 8.30. The summed E-state index contributed by atoms with van der Waals surface area (Å²) in [7, 11) is 1.71. The quantitative estimate of drug-likeness (QED) is 0.905. The van der Waals surface area contributed by atoms with E-state index < -0.39 is 0 Å². The van der Waals surface area contributed by atoms with Crippen molar-refractivity contribution in [1.82, 2.24) is 4.90 Å². The van der Waals surface area contributed by atoms with Crippen molar-refractivity contribution in [3.05, 3.63) is 29.8 Å². The summed E-state index contributed by atoms with van der Waals surface area (Å²) in [4.78, 5) is 2.68. The van der Waals surface area contributed by atoms with Gasteiger partial charge in [0.25, 0.3) is 0 Å². The lowest BCUT2D eigenvalue weighted by Crippen LogP contribution is -2.51. The molecule has 0 aromatic heterocycles. The lowest BCUT2D eigenvalue weighted by atomic mass is 9.91. The molecule has 1 aliphatic carbocycles. The molecule has 2 aliphatic rings. The van der Waals surface area contributed by atoms with Crippen LogP contribution in [0.15, 0.2) is 24.3 Å². The fourth-order valence-electron chi connectivity index (χ4n) is 4.01. The first-order valence-electron chi connectivity index (χ1n) is 8.30.